The number of ether oxygens (including phenoxy) is 1. The molecule has 0 fully saturated rings. The number of nitrogens with one attached hydrogen (secondary N) is 2. The second-order valence-electron chi connectivity index (χ2n) is 12.7. The number of sulfonamides is 1. The van der Waals surface area contributed by atoms with E-state index in [1.165, 1.54) is 18.2 Å². The molecule has 0 radical (unpaired) electrons. The van der Waals surface area contributed by atoms with Crippen LogP contribution in [0.4, 0.5) is 17.1 Å². The summed E-state index contributed by atoms with van der Waals surface area (Å²) in [5.74, 6) is -0.385. The Morgan fingerprint density at radius 2 is 1.76 bits per heavy atom. The van der Waals surface area contributed by atoms with E-state index < -0.39 is 16.1 Å². The number of benzene rings is 4. The number of aryl methyl sites for hydroxylation is 1. The number of carbonyl (C=O) groups is 2. The van der Waals surface area contributed by atoms with Crippen molar-refractivity contribution in [2.24, 2.45) is 5.92 Å². The van der Waals surface area contributed by atoms with E-state index in [4.69, 9.17) is 10.5 Å². The molecule has 258 valence electrons. The van der Waals surface area contributed by atoms with Gasteiger partial charge in [-0.25, -0.2) is 8.42 Å². The predicted molar refractivity (Wildman–Crippen MR) is 191 cm³/mol. The fourth-order valence-electron chi connectivity index (χ4n) is 5.69. The lowest BCUT2D eigenvalue weighted by atomic mass is 9.99. The number of carbonyl (C=O) groups excluding carboxylic acids is 2. The van der Waals surface area contributed by atoms with E-state index in [2.05, 4.69) is 14.9 Å². The van der Waals surface area contributed by atoms with Crippen LogP contribution >= 0.6 is 0 Å². The lowest BCUT2D eigenvalue weighted by Crippen LogP contribution is -2.49. The first-order valence-corrected chi connectivity index (χ1v) is 17.6. The summed E-state index contributed by atoms with van der Waals surface area (Å²) < 4.78 is 35.3. The quantitative estimate of drug-likeness (QED) is 0.161. The predicted octanol–water partition coefficient (Wildman–Crippen LogP) is 4.98. The van der Waals surface area contributed by atoms with Gasteiger partial charge in [-0.1, -0.05) is 48.9 Å². The Bertz CT molecular complexity index is 1900. The molecule has 49 heavy (non-hydrogen) atoms. The van der Waals surface area contributed by atoms with Crippen LogP contribution in [0.15, 0.2) is 95.9 Å². The van der Waals surface area contributed by atoms with Crippen LogP contribution in [0.5, 0.6) is 5.75 Å². The van der Waals surface area contributed by atoms with Gasteiger partial charge in [-0.05, 0) is 81.1 Å². The van der Waals surface area contributed by atoms with E-state index in [1.807, 2.05) is 39.1 Å². The SMILES string of the molecule is Cc1ccc(S(=O)(=O)Nc2ccc3c(c2)C(=O)N([C@@H](C)CO)C[C@H](C)[C@H](CN(C)Cc2ccc(C(=O)Nc4ccccc4N)cc2)O3)cc1. The minimum absolute atomic E-state index is 0.107. The third-order valence-electron chi connectivity index (χ3n) is 8.62. The highest BCUT2D eigenvalue weighted by molar-refractivity contribution is 7.92. The van der Waals surface area contributed by atoms with Gasteiger partial charge in [0.25, 0.3) is 21.8 Å². The van der Waals surface area contributed by atoms with Gasteiger partial charge in [-0.2, -0.15) is 0 Å². The lowest BCUT2D eigenvalue weighted by molar-refractivity contribution is 0.0341. The zero-order chi connectivity index (χ0) is 35.3. The van der Waals surface area contributed by atoms with Crippen LogP contribution in [0.2, 0.25) is 0 Å². The van der Waals surface area contributed by atoms with Crippen molar-refractivity contribution in [2.45, 2.75) is 44.4 Å². The van der Waals surface area contributed by atoms with Gasteiger partial charge in [0.2, 0.25) is 0 Å². The summed E-state index contributed by atoms with van der Waals surface area (Å²) in [6, 6.07) is 25.1. The molecule has 11 nitrogen and oxygen atoms in total. The first-order valence-electron chi connectivity index (χ1n) is 16.1. The average molecular weight is 686 g/mol. The van der Waals surface area contributed by atoms with Gasteiger partial charge in [-0.3, -0.25) is 19.2 Å². The molecule has 4 aromatic rings. The molecular formula is C37H43N5O6S. The van der Waals surface area contributed by atoms with Crippen LogP contribution in [0, 0.1) is 12.8 Å². The van der Waals surface area contributed by atoms with Crippen molar-refractivity contribution >= 4 is 38.9 Å². The van der Waals surface area contributed by atoms with Crippen molar-refractivity contribution in [3.05, 3.63) is 113 Å². The number of rotatable bonds is 11. The fraction of sp³-hybridized carbons (Fsp3) is 0.297. The maximum absolute atomic E-state index is 13.8. The normalized spacial score (nSPS) is 17.0. The Labute approximate surface area is 287 Å². The smallest absolute Gasteiger partial charge is 0.261 e. The zero-order valence-corrected chi connectivity index (χ0v) is 28.9. The Hall–Kier alpha value is -4.91. The van der Waals surface area contributed by atoms with Crippen molar-refractivity contribution in [1.82, 2.24) is 9.80 Å². The first-order chi connectivity index (χ1) is 23.3. The maximum atomic E-state index is 13.8. The third kappa shape index (κ3) is 8.58. The molecule has 1 aliphatic heterocycles. The number of aliphatic hydroxyl groups is 1. The molecule has 0 aliphatic carbocycles. The van der Waals surface area contributed by atoms with E-state index in [9.17, 15) is 23.1 Å². The molecule has 5 rings (SSSR count). The third-order valence-corrected chi connectivity index (χ3v) is 10.0. The van der Waals surface area contributed by atoms with Gasteiger partial charge in [0.05, 0.1) is 34.5 Å². The number of hydrogen-bond acceptors (Lipinski definition) is 8. The van der Waals surface area contributed by atoms with Crippen LogP contribution in [-0.4, -0.2) is 74.0 Å². The maximum Gasteiger partial charge on any atom is 0.261 e. The number of nitrogens with zero attached hydrogens (tertiary/aromatic N) is 2. The molecule has 5 N–H and O–H groups in total. The van der Waals surface area contributed by atoms with Gasteiger partial charge in [0, 0.05) is 36.8 Å². The summed E-state index contributed by atoms with van der Waals surface area (Å²) in [7, 11) is -1.93. The molecule has 1 aliphatic rings. The number of nitrogens with two attached hydrogens (primary N) is 1. The highest BCUT2D eigenvalue weighted by atomic mass is 32.2. The number of amides is 2. The molecule has 4 aromatic carbocycles. The summed E-state index contributed by atoms with van der Waals surface area (Å²) in [5, 5.41) is 12.9. The Morgan fingerprint density at radius 3 is 2.43 bits per heavy atom. The van der Waals surface area contributed by atoms with Crippen LogP contribution in [0.3, 0.4) is 0 Å². The summed E-state index contributed by atoms with van der Waals surface area (Å²) in [6.07, 6.45) is -0.346. The van der Waals surface area contributed by atoms with Crippen molar-refractivity contribution in [3.8, 4) is 5.75 Å². The second-order valence-corrected chi connectivity index (χ2v) is 14.4. The molecule has 12 heteroatoms. The molecule has 0 spiro atoms. The number of likely N-dealkylation sites (N-methyl/N-ethyl adjacent to an activating group) is 1. The summed E-state index contributed by atoms with van der Waals surface area (Å²) >= 11 is 0. The van der Waals surface area contributed by atoms with Gasteiger partial charge in [0.1, 0.15) is 11.9 Å². The molecule has 0 aromatic heterocycles. The highest BCUT2D eigenvalue weighted by Crippen LogP contribution is 2.31. The first kappa shape index (κ1) is 35.4. The molecule has 0 unspecified atom stereocenters. The number of para-hydroxylation sites is 2. The topological polar surface area (TPSA) is 154 Å². The Morgan fingerprint density at radius 1 is 1.06 bits per heavy atom. The number of nitrogen functional groups attached to an aromatic ring is 1. The summed E-state index contributed by atoms with van der Waals surface area (Å²) in [6.45, 7) is 6.83. The largest absolute Gasteiger partial charge is 0.488 e. The summed E-state index contributed by atoms with van der Waals surface area (Å²) in [4.78, 5) is 30.4. The Kier molecular flexibility index (Phi) is 10.9. The molecule has 2 amide bonds. The van der Waals surface area contributed by atoms with Gasteiger partial charge < -0.3 is 25.8 Å². The van der Waals surface area contributed by atoms with Gasteiger partial charge in [-0.15, -0.1) is 0 Å². The van der Waals surface area contributed by atoms with Crippen molar-refractivity contribution < 1.29 is 27.9 Å². The average Bonchev–Trinajstić information content (AvgIpc) is 3.07. The van der Waals surface area contributed by atoms with E-state index in [1.54, 1.807) is 66.4 Å². The second kappa shape index (κ2) is 15.1. The minimum atomic E-state index is -3.90. The molecule has 0 saturated carbocycles. The number of hydrogen-bond donors (Lipinski definition) is 4. The number of fused-ring (bicyclic) bond motifs is 1. The molecule has 0 saturated heterocycles. The molecule has 1 heterocycles. The lowest BCUT2D eigenvalue weighted by Gasteiger charge is -2.38. The van der Waals surface area contributed by atoms with E-state index in [0.29, 0.717) is 42.3 Å². The summed E-state index contributed by atoms with van der Waals surface area (Å²) in [5.41, 5.74) is 9.86. The van der Waals surface area contributed by atoms with E-state index in [0.717, 1.165) is 11.1 Å². The van der Waals surface area contributed by atoms with Crippen LogP contribution in [-0.2, 0) is 16.6 Å². The standard InChI is InChI=1S/C37H43N5O6S/c1-24-9-16-30(17-10-24)49(46,47)40-29-15-18-34-31(19-29)37(45)42(26(3)23-43)20-25(2)35(48-34)22-41(4)21-27-11-13-28(14-12-27)36(44)39-33-8-6-5-7-32(33)38/h5-19,25-26,35,40,43H,20-23,38H2,1-4H3,(H,39,44)/t25-,26-,35-/m0/s1. The number of anilines is 3. The van der Waals surface area contributed by atoms with Crippen molar-refractivity contribution in [3.63, 3.8) is 0 Å². The van der Waals surface area contributed by atoms with Crippen molar-refractivity contribution in [2.75, 3.05) is 42.5 Å². The van der Waals surface area contributed by atoms with Crippen LogP contribution in [0.1, 0.15) is 45.7 Å². The highest BCUT2D eigenvalue weighted by Gasteiger charge is 2.34. The Balaban J connectivity index is 1.32. The molecular weight excluding hydrogens is 643 g/mol. The zero-order valence-electron chi connectivity index (χ0n) is 28.1. The number of aliphatic hydroxyl groups excluding tert-OH is 1. The fourth-order valence-corrected chi connectivity index (χ4v) is 6.74. The molecule has 3 atom stereocenters. The van der Waals surface area contributed by atoms with Crippen LogP contribution < -0.4 is 20.5 Å². The monoisotopic (exact) mass is 685 g/mol. The van der Waals surface area contributed by atoms with Gasteiger partial charge >= 0.3 is 0 Å². The van der Waals surface area contributed by atoms with Crippen LogP contribution in [0.25, 0.3) is 0 Å². The van der Waals surface area contributed by atoms with E-state index >= 15 is 0 Å². The van der Waals surface area contributed by atoms with Gasteiger partial charge in [0.15, 0.2) is 0 Å². The van der Waals surface area contributed by atoms with E-state index in [-0.39, 0.29) is 46.6 Å². The van der Waals surface area contributed by atoms with Crippen molar-refractivity contribution in [1.29, 1.82) is 0 Å². The molecule has 0 bridgehead atoms. The minimum Gasteiger partial charge on any atom is -0.488 e.